The molecule has 0 saturated heterocycles. The molecule has 0 aromatic heterocycles. The van der Waals surface area contributed by atoms with Gasteiger partial charge in [0.15, 0.2) is 0 Å². The molecule has 0 saturated carbocycles. The normalized spacial score (nSPS) is 26.2. The van der Waals surface area contributed by atoms with Crippen LogP contribution in [-0.4, -0.2) is 11.8 Å². The van der Waals surface area contributed by atoms with Gasteiger partial charge in [0.2, 0.25) is 0 Å². The fraction of sp³-hybridized carbons (Fsp3) is 0.889. The summed E-state index contributed by atoms with van der Waals surface area (Å²) in [6.45, 7) is 4.44. The van der Waals surface area contributed by atoms with E-state index in [2.05, 4.69) is 18.8 Å². The predicted octanol–water partition coefficient (Wildman–Crippen LogP) is 2.80. The van der Waals surface area contributed by atoms with Gasteiger partial charge in [-0.15, -0.1) is 0 Å². The van der Waals surface area contributed by atoms with E-state index in [-0.39, 0.29) is 0 Å². The molecule has 0 aliphatic carbocycles. The Hall–Kier alpha value is -0.330. The Morgan fingerprint density at radius 2 is 2.40 bits per heavy atom. The van der Waals surface area contributed by atoms with E-state index >= 15 is 0 Å². The first-order valence-electron chi connectivity index (χ1n) is 4.38. The van der Waals surface area contributed by atoms with Crippen molar-refractivity contribution in [2.24, 2.45) is 4.99 Å². The minimum Gasteiger partial charge on any atom is -0.291 e. The highest BCUT2D eigenvalue weighted by Crippen LogP contribution is 2.15. The maximum atomic E-state index is 4.59. The second kappa shape index (κ2) is 3.75. The molecule has 0 amide bonds. The maximum Gasteiger partial charge on any atom is 0.0470 e. The van der Waals surface area contributed by atoms with Crippen molar-refractivity contribution in [1.82, 2.24) is 0 Å². The summed E-state index contributed by atoms with van der Waals surface area (Å²) in [7, 11) is 0. The Morgan fingerprint density at radius 1 is 1.60 bits per heavy atom. The van der Waals surface area contributed by atoms with Gasteiger partial charge in [0.05, 0.1) is 0 Å². The van der Waals surface area contributed by atoms with Crippen LogP contribution in [0.2, 0.25) is 0 Å². The molecule has 0 aromatic rings. The van der Waals surface area contributed by atoms with E-state index < -0.39 is 0 Å². The molecule has 1 rings (SSSR count). The molecule has 1 unspecified atom stereocenters. The third-order valence-corrected chi connectivity index (χ3v) is 2.03. The Morgan fingerprint density at radius 3 is 3.00 bits per heavy atom. The van der Waals surface area contributed by atoms with Crippen LogP contribution in [-0.2, 0) is 0 Å². The van der Waals surface area contributed by atoms with Gasteiger partial charge >= 0.3 is 0 Å². The molecule has 0 fully saturated rings. The van der Waals surface area contributed by atoms with Crippen LogP contribution in [0, 0.1) is 0 Å². The fourth-order valence-electron chi connectivity index (χ4n) is 1.52. The second-order valence-electron chi connectivity index (χ2n) is 3.19. The minimum absolute atomic E-state index is 0.607. The largest absolute Gasteiger partial charge is 0.291 e. The number of hydrogen-bond acceptors (Lipinski definition) is 1. The molecule has 1 aliphatic rings. The van der Waals surface area contributed by atoms with E-state index in [4.69, 9.17) is 0 Å². The summed E-state index contributed by atoms with van der Waals surface area (Å²) >= 11 is 0. The Bertz CT molecular complexity index is 127. The molecule has 10 heavy (non-hydrogen) atoms. The van der Waals surface area contributed by atoms with E-state index in [1.54, 1.807) is 0 Å². The monoisotopic (exact) mass is 139 g/mol. The van der Waals surface area contributed by atoms with Gasteiger partial charge in [0, 0.05) is 11.8 Å². The average molecular weight is 139 g/mol. The third-order valence-electron chi connectivity index (χ3n) is 2.03. The summed E-state index contributed by atoms with van der Waals surface area (Å²) in [6.07, 6.45) is 6.40. The lowest BCUT2D eigenvalue weighted by molar-refractivity contribution is 0.602. The van der Waals surface area contributed by atoms with Crippen molar-refractivity contribution in [2.45, 2.75) is 52.0 Å². The lowest BCUT2D eigenvalue weighted by Gasteiger charge is -2.16. The number of rotatable bonds is 2. The molecule has 58 valence electrons. The van der Waals surface area contributed by atoms with Crippen LogP contribution in [0.4, 0.5) is 0 Å². The summed E-state index contributed by atoms with van der Waals surface area (Å²) in [6, 6.07) is 0.607. The van der Waals surface area contributed by atoms with Crippen LogP contribution < -0.4 is 0 Å². The van der Waals surface area contributed by atoms with Crippen LogP contribution in [0.15, 0.2) is 4.99 Å². The molecule has 1 nitrogen and oxygen atoms in total. The number of nitrogens with zero attached hydrogens (tertiary/aromatic N) is 1. The van der Waals surface area contributed by atoms with Gasteiger partial charge in [-0.1, -0.05) is 13.3 Å². The van der Waals surface area contributed by atoms with Crippen molar-refractivity contribution in [2.75, 3.05) is 0 Å². The van der Waals surface area contributed by atoms with E-state index in [1.165, 1.54) is 37.8 Å². The van der Waals surface area contributed by atoms with Crippen molar-refractivity contribution in [3.8, 4) is 0 Å². The SMILES string of the molecule is CCCC1=NC(C)CCC1. The summed E-state index contributed by atoms with van der Waals surface area (Å²) in [5, 5.41) is 0. The maximum absolute atomic E-state index is 4.59. The molecular formula is C9H17N. The van der Waals surface area contributed by atoms with Crippen LogP contribution in [0.3, 0.4) is 0 Å². The van der Waals surface area contributed by atoms with Crippen molar-refractivity contribution in [1.29, 1.82) is 0 Å². The van der Waals surface area contributed by atoms with Gasteiger partial charge < -0.3 is 0 Å². The van der Waals surface area contributed by atoms with Gasteiger partial charge in [0.25, 0.3) is 0 Å². The van der Waals surface area contributed by atoms with Gasteiger partial charge in [-0.2, -0.15) is 0 Å². The lowest BCUT2D eigenvalue weighted by Crippen LogP contribution is -2.11. The molecule has 1 heterocycles. The molecule has 1 atom stereocenters. The van der Waals surface area contributed by atoms with Gasteiger partial charge in [-0.25, -0.2) is 0 Å². The fourth-order valence-corrected chi connectivity index (χ4v) is 1.52. The first kappa shape index (κ1) is 7.77. The van der Waals surface area contributed by atoms with Crippen molar-refractivity contribution < 1.29 is 0 Å². The molecule has 0 radical (unpaired) electrons. The summed E-state index contributed by atoms with van der Waals surface area (Å²) < 4.78 is 0. The zero-order chi connectivity index (χ0) is 7.40. The zero-order valence-corrected chi connectivity index (χ0v) is 7.06. The highest BCUT2D eigenvalue weighted by atomic mass is 14.8. The van der Waals surface area contributed by atoms with Gasteiger partial charge in [-0.3, -0.25) is 4.99 Å². The topological polar surface area (TPSA) is 12.4 Å². The lowest BCUT2D eigenvalue weighted by atomic mass is 10.0. The number of hydrogen-bond donors (Lipinski definition) is 0. The van der Waals surface area contributed by atoms with Gasteiger partial charge in [0.1, 0.15) is 0 Å². The Labute approximate surface area is 63.5 Å². The molecule has 1 aliphatic heterocycles. The molecule has 0 spiro atoms. The second-order valence-corrected chi connectivity index (χ2v) is 3.19. The average Bonchev–Trinajstić information content (AvgIpc) is 1.88. The highest BCUT2D eigenvalue weighted by Gasteiger charge is 2.08. The van der Waals surface area contributed by atoms with Crippen molar-refractivity contribution >= 4 is 5.71 Å². The number of aliphatic imine (C=N–C) groups is 1. The Balaban J connectivity index is 2.41. The quantitative estimate of drug-likeness (QED) is 0.558. The standard InChI is InChI=1S/C9H17N/c1-3-5-9-7-4-6-8(2)10-9/h8H,3-7H2,1-2H3. The van der Waals surface area contributed by atoms with E-state index in [0.29, 0.717) is 6.04 Å². The molecular weight excluding hydrogens is 122 g/mol. The predicted molar refractivity (Wildman–Crippen MR) is 45.7 cm³/mol. The van der Waals surface area contributed by atoms with Crippen molar-refractivity contribution in [3.63, 3.8) is 0 Å². The van der Waals surface area contributed by atoms with Crippen LogP contribution in [0.5, 0.6) is 0 Å². The molecule has 1 heteroatoms. The first-order chi connectivity index (χ1) is 4.83. The summed E-state index contributed by atoms with van der Waals surface area (Å²) in [5.41, 5.74) is 1.46. The third kappa shape index (κ3) is 2.13. The Kier molecular flexibility index (Phi) is 2.91. The van der Waals surface area contributed by atoms with E-state index in [1.807, 2.05) is 0 Å². The van der Waals surface area contributed by atoms with Crippen molar-refractivity contribution in [3.05, 3.63) is 0 Å². The van der Waals surface area contributed by atoms with Crippen LogP contribution in [0.1, 0.15) is 46.0 Å². The van der Waals surface area contributed by atoms with Crippen LogP contribution in [0.25, 0.3) is 0 Å². The zero-order valence-electron chi connectivity index (χ0n) is 7.06. The van der Waals surface area contributed by atoms with E-state index in [0.717, 1.165) is 0 Å². The van der Waals surface area contributed by atoms with Gasteiger partial charge in [-0.05, 0) is 32.6 Å². The highest BCUT2D eigenvalue weighted by molar-refractivity contribution is 5.85. The molecule has 0 aromatic carbocycles. The molecule has 0 N–H and O–H groups in total. The summed E-state index contributed by atoms with van der Waals surface area (Å²) in [5.74, 6) is 0. The molecule has 0 bridgehead atoms. The smallest absolute Gasteiger partial charge is 0.0470 e. The van der Waals surface area contributed by atoms with E-state index in [9.17, 15) is 0 Å². The first-order valence-corrected chi connectivity index (χ1v) is 4.38. The minimum atomic E-state index is 0.607. The van der Waals surface area contributed by atoms with Crippen LogP contribution >= 0.6 is 0 Å². The summed E-state index contributed by atoms with van der Waals surface area (Å²) in [4.78, 5) is 4.59.